The predicted octanol–water partition coefficient (Wildman–Crippen LogP) is 5.27. The topological polar surface area (TPSA) is 12.0 Å². The second-order valence-electron chi connectivity index (χ2n) is 4.92. The van der Waals surface area contributed by atoms with Crippen LogP contribution in [0.25, 0.3) is 0 Å². The molecule has 0 radical (unpaired) electrons. The van der Waals surface area contributed by atoms with E-state index >= 15 is 0 Å². The van der Waals surface area contributed by atoms with E-state index in [1.807, 2.05) is 6.92 Å². The van der Waals surface area contributed by atoms with Crippen LogP contribution in [0.2, 0.25) is 5.02 Å². The van der Waals surface area contributed by atoms with Crippen LogP contribution in [0.4, 0.5) is 10.1 Å². The quantitative estimate of drug-likeness (QED) is 0.806. The van der Waals surface area contributed by atoms with Crippen molar-refractivity contribution < 1.29 is 4.39 Å². The maximum Gasteiger partial charge on any atom is 0.141 e. The van der Waals surface area contributed by atoms with Gasteiger partial charge in [0.15, 0.2) is 0 Å². The first kappa shape index (κ1) is 13.9. The van der Waals surface area contributed by atoms with Gasteiger partial charge in [0.1, 0.15) is 5.82 Å². The number of benzene rings is 2. The predicted molar refractivity (Wildman–Crippen MR) is 79.4 cm³/mol. The van der Waals surface area contributed by atoms with Crippen molar-refractivity contribution in [2.75, 3.05) is 5.32 Å². The monoisotopic (exact) mass is 277 g/mol. The molecule has 2 aromatic carbocycles. The molecule has 0 aliphatic rings. The van der Waals surface area contributed by atoms with Crippen molar-refractivity contribution in [1.82, 2.24) is 0 Å². The van der Waals surface area contributed by atoms with Crippen LogP contribution >= 0.6 is 11.6 Å². The third kappa shape index (κ3) is 3.48. The fraction of sp³-hybridized carbons (Fsp3) is 0.250. The minimum Gasteiger partial charge on any atom is -0.379 e. The van der Waals surface area contributed by atoms with Gasteiger partial charge in [-0.15, -0.1) is 0 Å². The van der Waals surface area contributed by atoms with Gasteiger partial charge in [0.25, 0.3) is 0 Å². The Morgan fingerprint density at radius 1 is 1.05 bits per heavy atom. The Morgan fingerprint density at radius 3 is 2.26 bits per heavy atom. The smallest absolute Gasteiger partial charge is 0.141 e. The molecule has 0 aromatic heterocycles. The summed E-state index contributed by atoms with van der Waals surface area (Å²) in [6.07, 6.45) is 0. The van der Waals surface area contributed by atoms with Crippen molar-refractivity contribution in [3.63, 3.8) is 0 Å². The average molecular weight is 278 g/mol. The zero-order chi connectivity index (χ0) is 14.0. The van der Waals surface area contributed by atoms with E-state index in [1.54, 1.807) is 12.1 Å². The Hall–Kier alpha value is -1.54. The minimum absolute atomic E-state index is 0.0688. The number of rotatable bonds is 3. The lowest BCUT2D eigenvalue weighted by atomic mass is 10.1. The van der Waals surface area contributed by atoms with Gasteiger partial charge in [-0.2, -0.15) is 0 Å². The second kappa shape index (κ2) is 5.62. The van der Waals surface area contributed by atoms with Crippen LogP contribution in [0.5, 0.6) is 0 Å². The molecule has 1 unspecified atom stereocenters. The largest absolute Gasteiger partial charge is 0.379 e. The molecule has 1 N–H and O–H groups in total. The molecule has 100 valence electrons. The van der Waals surface area contributed by atoms with Crippen molar-refractivity contribution in [1.29, 1.82) is 0 Å². The molecule has 0 aliphatic carbocycles. The molecule has 2 rings (SSSR count). The lowest BCUT2D eigenvalue weighted by molar-refractivity contribution is 0.627. The Labute approximate surface area is 118 Å². The fourth-order valence-corrected chi connectivity index (χ4v) is 2.36. The molecule has 0 fully saturated rings. The molecule has 0 aliphatic heterocycles. The van der Waals surface area contributed by atoms with Gasteiger partial charge in [0.05, 0.1) is 5.02 Å². The van der Waals surface area contributed by atoms with Crippen LogP contribution in [0.15, 0.2) is 36.4 Å². The molecule has 0 amide bonds. The summed E-state index contributed by atoms with van der Waals surface area (Å²) < 4.78 is 13.1. The first-order chi connectivity index (χ1) is 8.95. The Bertz CT molecular complexity index is 575. The standard InChI is InChI=1S/C16H17ClFN/c1-10-6-11(2)8-14(7-10)19-12(3)13-4-5-16(18)15(17)9-13/h4-9,12,19H,1-3H3. The molecule has 19 heavy (non-hydrogen) atoms. The molecule has 0 heterocycles. The Balaban J connectivity index is 2.20. The number of aryl methyl sites for hydroxylation is 2. The molecule has 0 bridgehead atoms. The summed E-state index contributed by atoms with van der Waals surface area (Å²) in [5.41, 5.74) is 4.45. The van der Waals surface area contributed by atoms with Crippen molar-refractivity contribution >= 4 is 17.3 Å². The molecule has 3 heteroatoms. The molecule has 0 saturated heterocycles. The summed E-state index contributed by atoms with van der Waals surface area (Å²) in [7, 11) is 0. The second-order valence-corrected chi connectivity index (χ2v) is 5.32. The van der Waals surface area contributed by atoms with Crippen molar-refractivity contribution in [3.05, 3.63) is 63.9 Å². The van der Waals surface area contributed by atoms with E-state index in [9.17, 15) is 4.39 Å². The van der Waals surface area contributed by atoms with Crippen molar-refractivity contribution in [2.24, 2.45) is 0 Å². The van der Waals surface area contributed by atoms with E-state index in [4.69, 9.17) is 11.6 Å². The third-order valence-corrected chi connectivity index (χ3v) is 3.34. The number of anilines is 1. The van der Waals surface area contributed by atoms with Crippen molar-refractivity contribution in [3.8, 4) is 0 Å². The normalized spacial score (nSPS) is 12.3. The maximum absolute atomic E-state index is 13.1. The third-order valence-electron chi connectivity index (χ3n) is 3.05. The van der Waals surface area contributed by atoms with Crippen LogP contribution in [-0.4, -0.2) is 0 Å². The molecule has 0 saturated carbocycles. The van der Waals surface area contributed by atoms with Crippen LogP contribution in [-0.2, 0) is 0 Å². The highest BCUT2D eigenvalue weighted by molar-refractivity contribution is 6.30. The van der Waals surface area contributed by atoms with Gasteiger partial charge in [0.2, 0.25) is 0 Å². The van der Waals surface area contributed by atoms with E-state index in [1.165, 1.54) is 17.2 Å². The van der Waals surface area contributed by atoms with Crippen LogP contribution in [0.3, 0.4) is 0 Å². The molecular formula is C16H17ClFN. The van der Waals surface area contributed by atoms with Gasteiger partial charge >= 0.3 is 0 Å². The zero-order valence-electron chi connectivity index (χ0n) is 11.3. The fourth-order valence-electron chi connectivity index (χ4n) is 2.17. The maximum atomic E-state index is 13.1. The molecule has 0 spiro atoms. The Morgan fingerprint density at radius 2 is 1.68 bits per heavy atom. The van der Waals surface area contributed by atoms with Gasteiger partial charge < -0.3 is 5.32 Å². The lowest BCUT2D eigenvalue weighted by Crippen LogP contribution is -2.07. The minimum atomic E-state index is -0.385. The summed E-state index contributed by atoms with van der Waals surface area (Å²) in [4.78, 5) is 0. The summed E-state index contributed by atoms with van der Waals surface area (Å²) >= 11 is 5.81. The number of nitrogens with one attached hydrogen (secondary N) is 1. The van der Waals surface area contributed by atoms with Gasteiger partial charge in [-0.3, -0.25) is 0 Å². The van der Waals surface area contributed by atoms with Gasteiger partial charge in [-0.05, 0) is 61.7 Å². The first-order valence-corrected chi connectivity index (χ1v) is 6.63. The highest BCUT2D eigenvalue weighted by Crippen LogP contribution is 2.24. The summed E-state index contributed by atoms with van der Waals surface area (Å²) in [5.74, 6) is -0.385. The Kier molecular flexibility index (Phi) is 4.11. The van der Waals surface area contributed by atoms with Crippen LogP contribution < -0.4 is 5.32 Å². The van der Waals surface area contributed by atoms with E-state index in [-0.39, 0.29) is 16.9 Å². The van der Waals surface area contributed by atoms with Crippen LogP contribution in [0, 0.1) is 19.7 Å². The number of halogens is 2. The number of hydrogen-bond donors (Lipinski definition) is 1. The first-order valence-electron chi connectivity index (χ1n) is 6.25. The lowest BCUT2D eigenvalue weighted by Gasteiger charge is -2.17. The summed E-state index contributed by atoms with van der Waals surface area (Å²) in [6.45, 7) is 6.16. The zero-order valence-corrected chi connectivity index (χ0v) is 12.1. The van der Waals surface area contributed by atoms with E-state index in [0.29, 0.717) is 0 Å². The van der Waals surface area contributed by atoms with Crippen molar-refractivity contribution in [2.45, 2.75) is 26.8 Å². The SMILES string of the molecule is Cc1cc(C)cc(NC(C)c2ccc(F)c(Cl)c2)c1. The van der Waals surface area contributed by atoms with E-state index in [2.05, 4.69) is 37.4 Å². The molecule has 1 nitrogen and oxygen atoms in total. The van der Waals surface area contributed by atoms with Gasteiger partial charge in [0, 0.05) is 11.7 Å². The molecule has 1 atom stereocenters. The highest BCUT2D eigenvalue weighted by atomic mass is 35.5. The van der Waals surface area contributed by atoms with Gasteiger partial charge in [-0.1, -0.05) is 23.7 Å². The average Bonchev–Trinajstić information content (AvgIpc) is 2.31. The number of hydrogen-bond acceptors (Lipinski definition) is 1. The van der Waals surface area contributed by atoms with Gasteiger partial charge in [-0.25, -0.2) is 4.39 Å². The summed E-state index contributed by atoms with van der Waals surface area (Å²) in [6, 6.07) is 11.2. The molecule has 2 aromatic rings. The van der Waals surface area contributed by atoms with E-state index < -0.39 is 0 Å². The molecular weight excluding hydrogens is 261 g/mol. The van der Waals surface area contributed by atoms with E-state index in [0.717, 1.165) is 11.3 Å². The highest BCUT2D eigenvalue weighted by Gasteiger charge is 2.08. The van der Waals surface area contributed by atoms with Crippen LogP contribution in [0.1, 0.15) is 29.7 Å². The summed E-state index contributed by atoms with van der Waals surface area (Å²) in [5, 5.41) is 3.56.